The van der Waals surface area contributed by atoms with Crippen molar-refractivity contribution in [1.82, 2.24) is 5.32 Å². The van der Waals surface area contributed by atoms with Gasteiger partial charge in [-0.1, -0.05) is 36.9 Å². The van der Waals surface area contributed by atoms with Gasteiger partial charge in [-0.2, -0.15) is 13.2 Å². The van der Waals surface area contributed by atoms with Crippen LogP contribution in [0.5, 0.6) is 0 Å². The lowest BCUT2D eigenvalue weighted by Gasteiger charge is -2.21. The minimum Gasteiger partial charge on any atom is -0.352 e. The molecule has 0 bridgehead atoms. The summed E-state index contributed by atoms with van der Waals surface area (Å²) in [4.78, 5) is 12.0. The van der Waals surface area contributed by atoms with Crippen molar-refractivity contribution in [3.63, 3.8) is 0 Å². The third-order valence-corrected chi connectivity index (χ3v) is 4.04. The summed E-state index contributed by atoms with van der Waals surface area (Å²) in [7, 11) is 0. The van der Waals surface area contributed by atoms with Crippen molar-refractivity contribution < 1.29 is 18.0 Å². The highest BCUT2D eigenvalue weighted by Crippen LogP contribution is 2.34. The summed E-state index contributed by atoms with van der Waals surface area (Å²) in [6.45, 7) is -0.124. The highest BCUT2D eigenvalue weighted by atomic mass is 35.5. The molecule has 0 aromatic heterocycles. The fourth-order valence-electron chi connectivity index (χ4n) is 2.66. The first kappa shape index (κ1) is 16.1. The van der Waals surface area contributed by atoms with Crippen LogP contribution in [0, 0.1) is 5.92 Å². The van der Waals surface area contributed by atoms with Gasteiger partial charge in [0.25, 0.3) is 0 Å². The molecule has 0 aliphatic heterocycles. The van der Waals surface area contributed by atoms with Gasteiger partial charge in [-0.15, -0.1) is 0 Å². The number of carbonyl (C=O) groups excluding carboxylic acids is 1. The third kappa shape index (κ3) is 4.37. The van der Waals surface area contributed by atoms with Crippen LogP contribution in [-0.2, 0) is 17.5 Å². The number of alkyl halides is 3. The van der Waals surface area contributed by atoms with Crippen LogP contribution in [0.4, 0.5) is 13.2 Å². The molecular weight excluding hydrogens is 303 g/mol. The maximum Gasteiger partial charge on any atom is 0.416 e. The van der Waals surface area contributed by atoms with Crippen molar-refractivity contribution in [2.45, 2.75) is 44.8 Å². The molecule has 116 valence electrons. The zero-order valence-corrected chi connectivity index (χ0v) is 12.2. The molecule has 1 N–H and O–H groups in total. The quantitative estimate of drug-likeness (QED) is 0.869. The van der Waals surface area contributed by atoms with Crippen LogP contribution in [-0.4, -0.2) is 5.91 Å². The van der Waals surface area contributed by atoms with E-state index in [0.717, 1.165) is 38.2 Å². The number of rotatable bonds is 3. The Kier molecular flexibility index (Phi) is 5.14. The molecule has 1 aliphatic carbocycles. The van der Waals surface area contributed by atoms with Gasteiger partial charge in [-0.3, -0.25) is 4.79 Å². The molecule has 1 aromatic rings. The second-order valence-corrected chi connectivity index (χ2v) is 5.79. The Morgan fingerprint density at radius 3 is 2.52 bits per heavy atom. The van der Waals surface area contributed by atoms with Crippen LogP contribution in [0.3, 0.4) is 0 Å². The molecule has 1 fully saturated rings. The van der Waals surface area contributed by atoms with E-state index in [9.17, 15) is 18.0 Å². The van der Waals surface area contributed by atoms with Crippen molar-refractivity contribution in [3.8, 4) is 0 Å². The Morgan fingerprint density at radius 1 is 1.24 bits per heavy atom. The van der Waals surface area contributed by atoms with Crippen LogP contribution < -0.4 is 5.32 Å². The Bertz CT molecular complexity index is 510. The van der Waals surface area contributed by atoms with E-state index in [1.807, 2.05) is 0 Å². The summed E-state index contributed by atoms with van der Waals surface area (Å²) in [5, 5.41) is 2.65. The monoisotopic (exact) mass is 319 g/mol. The van der Waals surface area contributed by atoms with E-state index in [1.165, 1.54) is 12.1 Å². The van der Waals surface area contributed by atoms with Crippen LogP contribution in [0.15, 0.2) is 18.2 Å². The molecule has 6 heteroatoms. The highest BCUT2D eigenvalue weighted by molar-refractivity contribution is 6.30. The molecular formula is C15H17ClF3NO. The van der Waals surface area contributed by atoms with E-state index in [4.69, 9.17) is 11.6 Å². The lowest BCUT2D eigenvalue weighted by Crippen LogP contribution is -2.32. The smallest absolute Gasteiger partial charge is 0.352 e. The lowest BCUT2D eigenvalue weighted by molar-refractivity contribution is -0.138. The molecule has 0 atom stereocenters. The molecule has 21 heavy (non-hydrogen) atoms. The maximum absolute atomic E-state index is 12.9. The second kappa shape index (κ2) is 6.69. The molecule has 2 rings (SSSR count). The summed E-state index contributed by atoms with van der Waals surface area (Å²) in [6.07, 6.45) is 0.297. The van der Waals surface area contributed by atoms with E-state index in [-0.39, 0.29) is 29.0 Å². The van der Waals surface area contributed by atoms with Crippen LogP contribution in [0.1, 0.15) is 43.2 Å². The lowest BCUT2D eigenvalue weighted by atomic mass is 9.88. The number of hydrogen-bond donors (Lipinski definition) is 1. The predicted molar refractivity (Wildman–Crippen MR) is 74.9 cm³/mol. The molecule has 0 unspecified atom stereocenters. The van der Waals surface area contributed by atoms with Crippen LogP contribution in [0.2, 0.25) is 5.02 Å². The van der Waals surface area contributed by atoms with Crippen LogP contribution in [0.25, 0.3) is 0 Å². The van der Waals surface area contributed by atoms with Crippen molar-refractivity contribution in [2.75, 3.05) is 0 Å². The topological polar surface area (TPSA) is 29.1 Å². The van der Waals surface area contributed by atoms with E-state index < -0.39 is 11.7 Å². The zero-order chi connectivity index (χ0) is 15.5. The average molecular weight is 320 g/mol. The summed E-state index contributed by atoms with van der Waals surface area (Å²) >= 11 is 5.62. The standard InChI is InChI=1S/C15H17ClF3NO/c16-12-7-6-11(13(8-12)15(17,18)19)9-20-14(21)10-4-2-1-3-5-10/h6-8,10H,1-5,9H2,(H,20,21). The van der Waals surface area contributed by atoms with Gasteiger partial charge in [-0.05, 0) is 30.5 Å². The fourth-order valence-corrected chi connectivity index (χ4v) is 2.83. The Morgan fingerprint density at radius 2 is 1.90 bits per heavy atom. The minimum absolute atomic E-state index is 0.0321. The van der Waals surface area contributed by atoms with Crippen molar-refractivity contribution in [2.24, 2.45) is 5.92 Å². The first-order valence-corrected chi connectivity index (χ1v) is 7.39. The number of halogens is 4. The molecule has 1 aromatic carbocycles. The summed E-state index contributed by atoms with van der Waals surface area (Å²) < 4.78 is 38.8. The molecule has 0 spiro atoms. The van der Waals surface area contributed by atoms with E-state index in [2.05, 4.69) is 5.32 Å². The van der Waals surface area contributed by atoms with Crippen molar-refractivity contribution in [3.05, 3.63) is 34.3 Å². The first-order valence-electron chi connectivity index (χ1n) is 7.01. The minimum atomic E-state index is -4.48. The van der Waals surface area contributed by atoms with Gasteiger partial charge in [0.15, 0.2) is 0 Å². The molecule has 0 heterocycles. The molecule has 1 aliphatic rings. The van der Waals surface area contributed by atoms with Crippen molar-refractivity contribution in [1.29, 1.82) is 0 Å². The molecule has 0 saturated heterocycles. The zero-order valence-electron chi connectivity index (χ0n) is 11.5. The SMILES string of the molecule is O=C(NCc1ccc(Cl)cc1C(F)(F)F)C1CCCCC1. The highest BCUT2D eigenvalue weighted by Gasteiger charge is 2.33. The molecule has 0 radical (unpaired) electrons. The van der Waals surface area contributed by atoms with E-state index >= 15 is 0 Å². The van der Waals surface area contributed by atoms with E-state index in [1.54, 1.807) is 0 Å². The Labute approximate surface area is 126 Å². The van der Waals surface area contributed by atoms with Gasteiger partial charge in [-0.25, -0.2) is 0 Å². The third-order valence-electron chi connectivity index (χ3n) is 3.81. The molecule has 2 nitrogen and oxygen atoms in total. The largest absolute Gasteiger partial charge is 0.416 e. The van der Waals surface area contributed by atoms with Crippen molar-refractivity contribution >= 4 is 17.5 Å². The van der Waals surface area contributed by atoms with Gasteiger partial charge in [0, 0.05) is 17.5 Å². The first-order chi connectivity index (χ1) is 9.88. The summed E-state index contributed by atoms with van der Waals surface area (Å²) in [6, 6.07) is 3.61. The Hall–Kier alpha value is -1.23. The van der Waals surface area contributed by atoms with Gasteiger partial charge >= 0.3 is 6.18 Å². The van der Waals surface area contributed by atoms with Gasteiger partial charge in [0.05, 0.1) is 5.56 Å². The number of amides is 1. The Balaban J connectivity index is 2.04. The average Bonchev–Trinajstić information content (AvgIpc) is 2.45. The number of carbonyl (C=O) groups is 1. The van der Waals surface area contributed by atoms with E-state index in [0.29, 0.717) is 0 Å². The van der Waals surface area contributed by atoms with Crippen LogP contribution >= 0.6 is 11.6 Å². The predicted octanol–water partition coefficient (Wildman–Crippen LogP) is 4.56. The number of hydrogen-bond acceptors (Lipinski definition) is 1. The summed E-state index contributed by atoms with van der Waals surface area (Å²) in [5.41, 5.74) is -0.755. The van der Waals surface area contributed by atoms with Gasteiger partial charge < -0.3 is 5.32 Å². The molecule has 1 amide bonds. The molecule has 1 saturated carbocycles. The fraction of sp³-hybridized carbons (Fsp3) is 0.533. The number of benzene rings is 1. The normalized spacial score (nSPS) is 16.8. The second-order valence-electron chi connectivity index (χ2n) is 5.35. The van der Waals surface area contributed by atoms with Gasteiger partial charge in [0.2, 0.25) is 5.91 Å². The summed E-state index contributed by atoms with van der Waals surface area (Å²) in [5.74, 6) is -0.224. The number of nitrogens with one attached hydrogen (secondary N) is 1. The van der Waals surface area contributed by atoms with Gasteiger partial charge in [0.1, 0.15) is 0 Å². The maximum atomic E-state index is 12.9.